The van der Waals surface area contributed by atoms with Crippen molar-refractivity contribution >= 4 is 19.8 Å². The number of allylic oxidation sites excluding steroid dienone is 8. The number of aliphatic hydroxyl groups is 5. The molecule has 1 rings (SSSR count). The van der Waals surface area contributed by atoms with E-state index in [1.54, 1.807) is 0 Å². The second-order valence-electron chi connectivity index (χ2n) is 16.3. The van der Waals surface area contributed by atoms with Crippen LogP contribution in [0.15, 0.2) is 48.6 Å². The summed E-state index contributed by atoms with van der Waals surface area (Å²) in [5.74, 6) is -1.13. The van der Waals surface area contributed by atoms with E-state index in [-0.39, 0.29) is 12.8 Å². The van der Waals surface area contributed by atoms with Gasteiger partial charge in [0.1, 0.15) is 43.2 Å². The van der Waals surface area contributed by atoms with Crippen LogP contribution in [-0.4, -0.2) is 98.3 Å². The molecule has 0 spiro atoms. The molecule has 13 nitrogen and oxygen atoms in total. The molecule has 0 heterocycles. The molecule has 1 aliphatic rings. The Morgan fingerprint density at radius 2 is 0.885 bits per heavy atom. The summed E-state index contributed by atoms with van der Waals surface area (Å²) in [6, 6.07) is 0. The molecular formula is C47H83O13P. The van der Waals surface area contributed by atoms with Crippen LogP contribution in [0.1, 0.15) is 181 Å². The molecule has 0 radical (unpaired) electrons. The predicted octanol–water partition coefficient (Wildman–Crippen LogP) is 9.17. The minimum Gasteiger partial charge on any atom is -0.462 e. The fourth-order valence-corrected chi connectivity index (χ4v) is 7.79. The molecule has 14 heteroatoms. The smallest absolute Gasteiger partial charge is 0.462 e. The van der Waals surface area contributed by atoms with Crippen molar-refractivity contribution in [2.24, 2.45) is 0 Å². The lowest BCUT2D eigenvalue weighted by Crippen LogP contribution is -2.64. The maximum absolute atomic E-state index is 12.8. The highest BCUT2D eigenvalue weighted by atomic mass is 31.2. The van der Waals surface area contributed by atoms with Gasteiger partial charge >= 0.3 is 19.8 Å². The first kappa shape index (κ1) is 56.8. The lowest BCUT2D eigenvalue weighted by atomic mass is 9.85. The Hall–Kier alpha value is -2.19. The standard InChI is InChI=1S/C47H83O13P/c1-3-5-7-9-11-13-15-17-19-20-22-23-25-27-29-31-33-35-40(48)57-37-39(38-58-61(55,56)60-47-45(53)43(51)42(50)44(52)46(47)54)59-41(49)36-34-32-30-28-26-24-21-18-16-14-12-10-8-6-4-2/h11-14,17-19,21,39,42-47,50-54H,3-10,15-16,20,22-38H2,1-2H3,(H,55,56)/b13-11+,14-12+,19-17+,21-18+/t39-,42?,43-,44?,45?,46?,47?/m0/s1. The van der Waals surface area contributed by atoms with E-state index in [1.165, 1.54) is 38.5 Å². The molecule has 1 fully saturated rings. The van der Waals surface area contributed by atoms with Crippen molar-refractivity contribution in [1.82, 2.24) is 0 Å². The van der Waals surface area contributed by atoms with Crippen LogP contribution < -0.4 is 0 Å². The zero-order chi connectivity index (χ0) is 45.0. The monoisotopic (exact) mass is 887 g/mol. The quantitative estimate of drug-likeness (QED) is 0.0148. The molecule has 0 aromatic heterocycles. The Morgan fingerprint density at radius 1 is 0.508 bits per heavy atom. The number of hydrogen-bond donors (Lipinski definition) is 6. The molecule has 0 aromatic carbocycles. The van der Waals surface area contributed by atoms with Crippen molar-refractivity contribution in [1.29, 1.82) is 0 Å². The van der Waals surface area contributed by atoms with E-state index in [9.17, 15) is 44.6 Å². The molecule has 1 aliphatic carbocycles. The van der Waals surface area contributed by atoms with Gasteiger partial charge in [-0.2, -0.15) is 0 Å². The van der Waals surface area contributed by atoms with Gasteiger partial charge in [0.2, 0.25) is 0 Å². The normalized spacial score (nSPS) is 22.4. The summed E-state index contributed by atoms with van der Waals surface area (Å²) in [7, 11) is -5.12. The van der Waals surface area contributed by atoms with Crippen LogP contribution in [0.2, 0.25) is 0 Å². The van der Waals surface area contributed by atoms with E-state index in [4.69, 9.17) is 18.5 Å². The Morgan fingerprint density at radius 3 is 1.33 bits per heavy atom. The van der Waals surface area contributed by atoms with Crippen LogP contribution in [0.25, 0.3) is 0 Å². The van der Waals surface area contributed by atoms with E-state index in [0.717, 1.165) is 103 Å². The van der Waals surface area contributed by atoms with Gasteiger partial charge in [0.25, 0.3) is 0 Å². The van der Waals surface area contributed by atoms with Gasteiger partial charge in [0, 0.05) is 12.8 Å². The summed E-state index contributed by atoms with van der Waals surface area (Å²) in [5.41, 5.74) is 0. The number of carbonyl (C=O) groups excluding carboxylic acids is 2. The molecule has 6 N–H and O–H groups in total. The first-order valence-corrected chi connectivity index (χ1v) is 24.9. The van der Waals surface area contributed by atoms with Crippen LogP contribution in [0.4, 0.5) is 0 Å². The summed E-state index contributed by atoms with van der Waals surface area (Å²) < 4.78 is 33.5. The number of carbonyl (C=O) groups is 2. The SMILES string of the molecule is CCCCC/C=C/C/C=C/CCCCCCCCCC(=O)OC[C@@H](COP(=O)(O)OC1C(O)C(O)C(O)[C@H](O)C1O)OC(=O)CCCCCCC/C=C/C/C=C/CCCCC. The average molecular weight is 887 g/mol. The lowest BCUT2D eigenvalue weighted by molar-refractivity contribution is -0.220. The van der Waals surface area contributed by atoms with Crippen LogP contribution in [0, 0.1) is 0 Å². The molecular weight excluding hydrogens is 803 g/mol. The third kappa shape index (κ3) is 29.7. The number of phosphoric ester groups is 1. The van der Waals surface area contributed by atoms with Crippen molar-refractivity contribution in [3.8, 4) is 0 Å². The van der Waals surface area contributed by atoms with E-state index >= 15 is 0 Å². The molecule has 8 atom stereocenters. The number of unbranched alkanes of at least 4 members (excludes halogenated alkanes) is 18. The van der Waals surface area contributed by atoms with Gasteiger partial charge in [-0.3, -0.25) is 18.6 Å². The van der Waals surface area contributed by atoms with E-state index in [0.29, 0.717) is 12.8 Å². The summed E-state index contributed by atoms with van der Waals surface area (Å²) >= 11 is 0. The first-order chi connectivity index (χ1) is 29.4. The largest absolute Gasteiger partial charge is 0.472 e. The van der Waals surface area contributed by atoms with Crippen LogP contribution >= 0.6 is 7.82 Å². The summed E-state index contributed by atoms with van der Waals surface area (Å²) in [5, 5.41) is 50.1. The predicted molar refractivity (Wildman–Crippen MR) is 239 cm³/mol. The highest BCUT2D eigenvalue weighted by molar-refractivity contribution is 7.47. The Labute approximate surface area is 367 Å². The molecule has 0 aromatic rings. The van der Waals surface area contributed by atoms with Gasteiger partial charge in [-0.15, -0.1) is 0 Å². The number of aliphatic hydroxyl groups excluding tert-OH is 5. The maximum atomic E-state index is 12.8. The topological polar surface area (TPSA) is 210 Å². The minimum absolute atomic E-state index is 0.0777. The number of rotatable bonds is 38. The minimum atomic E-state index is -5.12. The van der Waals surface area contributed by atoms with E-state index in [2.05, 4.69) is 62.5 Å². The van der Waals surface area contributed by atoms with Crippen molar-refractivity contribution in [2.45, 2.75) is 224 Å². The zero-order valence-electron chi connectivity index (χ0n) is 37.4. The molecule has 1 saturated carbocycles. The molecule has 0 aliphatic heterocycles. The van der Waals surface area contributed by atoms with Gasteiger partial charge in [-0.1, -0.05) is 140 Å². The second kappa shape index (κ2) is 37.2. The van der Waals surface area contributed by atoms with Gasteiger partial charge in [-0.05, 0) is 77.0 Å². The first-order valence-electron chi connectivity index (χ1n) is 23.4. The van der Waals surface area contributed by atoms with Gasteiger partial charge in [-0.25, -0.2) is 4.57 Å². The molecule has 354 valence electrons. The van der Waals surface area contributed by atoms with Crippen molar-refractivity contribution in [3.05, 3.63) is 48.6 Å². The molecule has 61 heavy (non-hydrogen) atoms. The summed E-state index contributed by atoms with van der Waals surface area (Å²) in [6.45, 7) is 3.23. The summed E-state index contributed by atoms with van der Waals surface area (Å²) in [4.78, 5) is 35.7. The third-order valence-corrected chi connectivity index (χ3v) is 11.6. The summed E-state index contributed by atoms with van der Waals surface area (Å²) in [6.07, 6.45) is 30.1. The number of ether oxygens (including phenoxy) is 2. The van der Waals surface area contributed by atoms with Crippen molar-refractivity contribution in [3.63, 3.8) is 0 Å². The molecule has 0 amide bonds. The Kier molecular flexibility index (Phi) is 34.7. The molecule has 0 bridgehead atoms. The fourth-order valence-electron chi connectivity index (χ4n) is 6.82. The van der Waals surface area contributed by atoms with Crippen LogP contribution in [-0.2, 0) is 32.7 Å². The second-order valence-corrected chi connectivity index (χ2v) is 17.7. The van der Waals surface area contributed by atoms with Crippen molar-refractivity contribution in [2.75, 3.05) is 13.2 Å². The maximum Gasteiger partial charge on any atom is 0.472 e. The highest BCUT2D eigenvalue weighted by Crippen LogP contribution is 2.47. The average Bonchev–Trinajstić information content (AvgIpc) is 3.24. The third-order valence-electron chi connectivity index (χ3n) is 10.6. The Balaban J connectivity index is 2.47. The van der Waals surface area contributed by atoms with Crippen molar-refractivity contribution < 1.29 is 63.1 Å². The lowest BCUT2D eigenvalue weighted by Gasteiger charge is -2.41. The van der Waals surface area contributed by atoms with Gasteiger partial charge in [0.15, 0.2) is 6.10 Å². The van der Waals surface area contributed by atoms with Gasteiger partial charge in [0.05, 0.1) is 6.61 Å². The van der Waals surface area contributed by atoms with Crippen LogP contribution in [0.3, 0.4) is 0 Å². The number of hydrogen-bond acceptors (Lipinski definition) is 12. The van der Waals surface area contributed by atoms with E-state index in [1.807, 2.05) is 0 Å². The Bertz CT molecular complexity index is 1250. The number of esters is 2. The van der Waals surface area contributed by atoms with Gasteiger partial charge < -0.3 is 39.9 Å². The fraction of sp³-hybridized carbons (Fsp3) is 0.787. The number of phosphoric acid groups is 1. The highest BCUT2D eigenvalue weighted by Gasteiger charge is 2.51. The zero-order valence-corrected chi connectivity index (χ0v) is 38.3. The molecule has 0 saturated heterocycles. The van der Waals surface area contributed by atoms with E-state index < -0.39 is 75.7 Å². The van der Waals surface area contributed by atoms with Crippen LogP contribution in [0.5, 0.6) is 0 Å². The molecule has 6 unspecified atom stereocenters.